The lowest BCUT2D eigenvalue weighted by Crippen LogP contribution is -2.50. The summed E-state index contributed by atoms with van der Waals surface area (Å²) in [7, 11) is 1.69. The largest absolute Gasteiger partial charge is 0.343 e. The Morgan fingerprint density at radius 3 is 3.11 bits per heavy atom. The Morgan fingerprint density at radius 2 is 2.44 bits per heavy atom. The van der Waals surface area contributed by atoms with Crippen molar-refractivity contribution in [3.05, 3.63) is 0 Å². The van der Waals surface area contributed by atoms with E-state index in [0.717, 1.165) is 6.42 Å². The summed E-state index contributed by atoms with van der Waals surface area (Å²) in [6.45, 7) is 2.46. The number of carbonyl (C=O) groups excluding carboxylic acids is 2. The van der Waals surface area contributed by atoms with Gasteiger partial charge in [-0.2, -0.15) is 5.26 Å². The summed E-state index contributed by atoms with van der Waals surface area (Å²) < 4.78 is 0. The summed E-state index contributed by atoms with van der Waals surface area (Å²) in [5.74, 6) is 0.698. The molecule has 0 spiro atoms. The lowest BCUT2D eigenvalue weighted by Gasteiger charge is -2.31. The van der Waals surface area contributed by atoms with Crippen LogP contribution in [-0.2, 0) is 9.59 Å². The Hall–Kier alpha value is -1.22. The van der Waals surface area contributed by atoms with Gasteiger partial charge in [-0.1, -0.05) is 0 Å². The predicted octanol–water partition coefficient (Wildman–Crippen LogP) is 0.812. The van der Waals surface area contributed by atoms with Crippen LogP contribution in [0.2, 0.25) is 0 Å². The van der Waals surface area contributed by atoms with Crippen LogP contribution < -0.4 is 0 Å². The molecule has 0 radical (unpaired) electrons. The molecule has 0 bridgehead atoms. The number of likely N-dealkylation sites (N-methyl/N-ethyl adjacent to an activating group) is 1. The molecule has 0 aromatic rings. The molecular weight excluding hydrogens is 250 g/mol. The Morgan fingerprint density at radius 1 is 1.72 bits per heavy atom. The molecule has 2 fully saturated rings. The fourth-order valence-corrected chi connectivity index (χ4v) is 4.01. The molecule has 0 aliphatic carbocycles. The van der Waals surface area contributed by atoms with E-state index >= 15 is 0 Å². The van der Waals surface area contributed by atoms with Crippen molar-refractivity contribution in [2.24, 2.45) is 0 Å². The molecule has 2 aliphatic heterocycles. The minimum atomic E-state index is -0.348. The summed E-state index contributed by atoms with van der Waals surface area (Å²) >= 11 is 1.69. The van der Waals surface area contributed by atoms with Crippen LogP contribution in [0.15, 0.2) is 0 Å². The molecule has 18 heavy (non-hydrogen) atoms. The maximum absolute atomic E-state index is 12.3. The van der Waals surface area contributed by atoms with Crippen molar-refractivity contribution in [2.75, 3.05) is 19.3 Å². The van der Waals surface area contributed by atoms with Crippen molar-refractivity contribution < 1.29 is 9.59 Å². The second-order valence-electron chi connectivity index (χ2n) is 4.93. The molecule has 2 amide bonds. The number of nitrogens with zero attached hydrogens (tertiary/aromatic N) is 3. The number of amides is 2. The van der Waals surface area contributed by atoms with Gasteiger partial charge in [0, 0.05) is 25.8 Å². The van der Waals surface area contributed by atoms with E-state index in [4.69, 9.17) is 5.26 Å². The van der Waals surface area contributed by atoms with Crippen molar-refractivity contribution in [1.82, 2.24) is 9.80 Å². The van der Waals surface area contributed by atoms with Crippen molar-refractivity contribution >= 4 is 23.6 Å². The quantitative estimate of drug-likeness (QED) is 0.759. The molecule has 2 unspecified atom stereocenters. The normalized spacial score (nSPS) is 30.2. The van der Waals surface area contributed by atoms with E-state index in [-0.39, 0.29) is 22.7 Å². The van der Waals surface area contributed by atoms with Crippen LogP contribution in [-0.4, -0.2) is 51.9 Å². The van der Waals surface area contributed by atoms with Crippen LogP contribution in [0.4, 0.5) is 0 Å². The highest BCUT2D eigenvalue weighted by molar-refractivity contribution is 8.01. The predicted molar refractivity (Wildman–Crippen MR) is 68.6 cm³/mol. The zero-order valence-electron chi connectivity index (χ0n) is 10.7. The van der Waals surface area contributed by atoms with E-state index in [2.05, 4.69) is 0 Å². The number of nitriles is 1. The molecule has 0 aromatic carbocycles. The molecule has 2 aliphatic rings. The Bertz CT molecular complexity index is 420. The number of carbonyl (C=O) groups is 2. The van der Waals surface area contributed by atoms with E-state index in [0.29, 0.717) is 25.1 Å². The third-order valence-electron chi connectivity index (χ3n) is 3.67. The van der Waals surface area contributed by atoms with Crippen molar-refractivity contribution in [1.29, 1.82) is 5.26 Å². The summed E-state index contributed by atoms with van der Waals surface area (Å²) in [5, 5.41) is 8.54. The Kier molecular flexibility index (Phi) is 3.53. The van der Waals surface area contributed by atoms with Crippen LogP contribution in [0.3, 0.4) is 0 Å². The van der Waals surface area contributed by atoms with Crippen LogP contribution >= 0.6 is 11.8 Å². The van der Waals surface area contributed by atoms with E-state index < -0.39 is 0 Å². The maximum atomic E-state index is 12.3. The van der Waals surface area contributed by atoms with E-state index in [1.165, 1.54) is 0 Å². The third-order valence-corrected chi connectivity index (χ3v) is 5.17. The van der Waals surface area contributed by atoms with E-state index in [1.807, 2.05) is 13.0 Å². The summed E-state index contributed by atoms with van der Waals surface area (Å²) in [4.78, 5) is 27.3. The van der Waals surface area contributed by atoms with Gasteiger partial charge in [-0.15, -0.1) is 11.8 Å². The maximum Gasteiger partial charge on any atom is 0.246 e. The van der Waals surface area contributed by atoms with Crippen LogP contribution in [0.1, 0.15) is 26.2 Å². The molecular formula is C12H17N3O2S. The number of fused-ring (bicyclic) bond motifs is 1. The first-order valence-electron chi connectivity index (χ1n) is 6.07. The summed E-state index contributed by atoms with van der Waals surface area (Å²) in [6, 6.07) is 1.68. The van der Waals surface area contributed by atoms with Crippen LogP contribution in [0, 0.1) is 11.3 Å². The van der Waals surface area contributed by atoms with Gasteiger partial charge in [0.15, 0.2) is 0 Å². The highest BCUT2D eigenvalue weighted by Gasteiger charge is 2.53. The first kappa shape index (κ1) is 13.2. The van der Waals surface area contributed by atoms with Crippen molar-refractivity contribution in [2.45, 2.75) is 37.1 Å². The fourth-order valence-electron chi connectivity index (χ4n) is 2.59. The molecule has 0 saturated carbocycles. The van der Waals surface area contributed by atoms with Gasteiger partial charge in [0.05, 0.1) is 17.4 Å². The smallest absolute Gasteiger partial charge is 0.246 e. The number of hydrogen-bond acceptors (Lipinski definition) is 4. The first-order valence-corrected chi connectivity index (χ1v) is 7.06. The van der Waals surface area contributed by atoms with Gasteiger partial charge in [0.1, 0.15) is 6.04 Å². The highest BCUT2D eigenvalue weighted by Crippen LogP contribution is 2.47. The van der Waals surface area contributed by atoms with Gasteiger partial charge in [-0.25, -0.2) is 0 Å². The average Bonchev–Trinajstić information content (AvgIpc) is 2.83. The van der Waals surface area contributed by atoms with Crippen molar-refractivity contribution in [3.8, 4) is 6.07 Å². The molecule has 0 N–H and O–H groups in total. The van der Waals surface area contributed by atoms with Crippen LogP contribution in [0.25, 0.3) is 0 Å². The molecule has 0 aromatic heterocycles. The topological polar surface area (TPSA) is 64.4 Å². The van der Waals surface area contributed by atoms with Gasteiger partial charge < -0.3 is 9.80 Å². The van der Waals surface area contributed by atoms with E-state index in [1.54, 1.807) is 28.6 Å². The molecule has 2 rings (SSSR count). The second-order valence-corrected chi connectivity index (χ2v) is 6.43. The summed E-state index contributed by atoms with van der Waals surface area (Å²) in [6.07, 6.45) is 1.69. The molecule has 2 saturated heterocycles. The van der Waals surface area contributed by atoms with Gasteiger partial charge in [0.2, 0.25) is 11.8 Å². The number of hydrogen-bond donors (Lipinski definition) is 0. The summed E-state index contributed by atoms with van der Waals surface area (Å²) in [5.41, 5.74) is 0. The minimum absolute atomic E-state index is 0.0447. The lowest BCUT2D eigenvalue weighted by molar-refractivity contribution is -0.142. The minimum Gasteiger partial charge on any atom is -0.343 e. The standard InChI is InChI=1S/C12H17N3O2S/c1-12-5-4-10(16)15(12)9(8-18-12)11(17)14(2)7-3-6-13/h9H,3-5,7-8H2,1-2H3. The number of rotatable bonds is 3. The highest BCUT2D eigenvalue weighted by atomic mass is 32.2. The first-order chi connectivity index (χ1) is 8.49. The van der Waals surface area contributed by atoms with Gasteiger partial charge in [-0.3, -0.25) is 9.59 Å². The molecule has 2 heterocycles. The lowest BCUT2D eigenvalue weighted by atomic mass is 10.2. The molecule has 6 heteroatoms. The molecule has 5 nitrogen and oxygen atoms in total. The third kappa shape index (κ3) is 2.07. The zero-order valence-corrected chi connectivity index (χ0v) is 11.5. The zero-order chi connectivity index (χ0) is 13.3. The number of thioether (sulfide) groups is 1. The van der Waals surface area contributed by atoms with E-state index in [9.17, 15) is 9.59 Å². The monoisotopic (exact) mass is 267 g/mol. The Balaban J connectivity index is 2.08. The van der Waals surface area contributed by atoms with Gasteiger partial charge >= 0.3 is 0 Å². The van der Waals surface area contributed by atoms with Gasteiger partial charge in [-0.05, 0) is 13.3 Å². The van der Waals surface area contributed by atoms with Crippen molar-refractivity contribution in [3.63, 3.8) is 0 Å². The SMILES string of the molecule is CN(CCC#N)C(=O)C1CSC2(C)CCC(=O)N12. The fraction of sp³-hybridized carbons (Fsp3) is 0.750. The second kappa shape index (κ2) is 4.81. The Labute approximate surface area is 111 Å². The van der Waals surface area contributed by atoms with Crippen LogP contribution in [0.5, 0.6) is 0 Å². The molecule has 98 valence electrons. The molecule has 2 atom stereocenters. The van der Waals surface area contributed by atoms with Gasteiger partial charge in [0.25, 0.3) is 0 Å². The average molecular weight is 267 g/mol.